The first-order valence-corrected chi connectivity index (χ1v) is 9.64. The van der Waals surface area contributed by atoms with Crippen molar-refractivity contribution in [2.75, 3.05) is 0 Å². The summed E-state index contributed by atoms with van der Waals surface area (Å²) in [6, 6.07) is 12.6. The highest BCUT2D eigenvalue weighted by atomic mass is 35.5. The van der Waals surface area contributed by atoms with Gasteiger partial charge in [0.25, 0.3) is 0 Å². The average molecular weight is 434 g/mol. The molecule has 0 unspecified atom stereocenters. The Labute approximate surface area is 177 Å². The van der Waals surface area contributed by atoms with Crippen molar-refractivity contribution in [1.82, 2.24) is 4.98 Å². The van der Waals surface area contributed by atoms with Gasteiger partial charge in [-0.25, -0.2) is 9.18 Å². The monoisotopic (exact) mass is 433 g/mol. The van der Waals surface area contributed by atoms with Crippen LogP contribution in [0.5, 0.6) is 5.75 Å². The highest BCUT2D eigenvalue weighted by Gasteiger charge is 2.21. The summed E-state index contributed by atoms with van der Waals surface area (Å²) in [4.78, 5) is 16.4. The molecule has 3 rings (SSSR count). The molecule has 3 aromatic rings. The fraction of sp³-hybridized carbons (Fsp3) is 0.182. The molecule has 0 spiro atoms. The summed E-state index contributed by atoms with van der Waals surface area (Å²) in [5.41, 5.74) is 1.48. The van der Waals surface area contributed by atoms with Crippen molar-refractivity contribution in [1.29, 1.82) is 0 Å². The van der Waals surface area contributed by atoms with Gasteiger partial charge in [-0.1, -0.05) is 61.3 Å². The Bertz CT molecular complexity index is 1070. The summed E-state index contributed by atoms with van der Waals surface area (Å²) >= 11 is 12.1. The number of pyridine rings is 1. The van der Waals surface area contributed by atoms with Gasteiger partial charge in [0.05, 0.1) is 22.0 Å². The first-order valence-electron chi connectivity index (χ1n) is 8.88. The van der Waals surface area contributed by atoms with Gasteiger partial charge in [-0.15, -0.1) is 0 Å². The largest absolute Gasteiger partial charge is 0.486 e. The number of hydrogen-bond donors (Lipinski definition) is 1. The molecule has 0 amide bonds. The molecule has 1 heterocycles. The van der Waals surface area contributed by atoms with Crippen LogP contribution in [-0.4, -0.2) is 16.1 Å². The van der Waals surface area contributed by atoms with Gasteiger partial charge < -0.3 is 9.84 Å². The summed E-state index contributed by atoms with van der Waals surface area (Å²) in [5, 5.41) is 10.3. The summed E-state index contributed by atoms with van der Waals surface area (Å²) in [5.74, 6) is -1.37. The SMILES string of the molecule is CC(C)c1nc(COc2cccc(Cl)c2Cl)c(C(=O)O)cc1-c1ccccc1F. The van der Waals surface area contributed by atoms with E-state index in [0.29, 0.717) is 27.6 Å². The van der Waals surface area contributed by atoms with E-state index in [4.69, 9.17) is 27.9 Å². The molecule has 0 aliphatic rings. The molecule has 4 nitrogen and oxygen atoms in total. The molecular formula is C22H18Cl2FNO3. The van der Waals surface area contributed by atoms with Crippen LogP contribution in [0.1, 0.15) is 41.5 Å². The molecule has 0 radical (unpaired) electrons. The molecule has 7 heteroatoms. The van der Waals surface area contributed by atoms with Gasteiger partial charge in [-0.3, -0.25) is 4.98 Å². The van der Waals surface area contributed by atoms with Crippen molar-refractivity contribution in [2.24, 2.45) is 0 Å². The number of hydrogen-bond acceptors (Lipinski definition) is 3. The van der Waals surface area contributed by atoms with Gasteiger partial charge >= 0.3 is 5.97 Å². The topological polar surface area (TPSA) is 59.4 Å². The standard InChI is InChI=1S/C22H18Cl2FNO3/c1-12(2)21-14(13-6-3-4-8-17(13)25)10-15(22(27)28)18(26-21)11-29-19-9-5-7-16(23)20(19)24/h3-10,12H,11H2,1-2H3,(H,27,28). The maximum absolute atomic E-state index is 14.4. The van der Waals surface area contributed by atoms with E-state index in [1.165, 1.54) is 12.1 Å². The molecule has 0 saturated carbocycles. The minimum absolute atomic E-state index is 0.0641. The molecule has 2 aromatic carbocycles. The molecule has 0 aliphatic carbocycles. The number of aromatic nitrogens is 1. The molecule has 1 N–H and O–H groups in total. The number of carboxylic acids is 1. The van der Waals surface area contributed by atoms with Crippen LogP contribution >= 0.6 is 23.2 Å². The number of ether oxygens (including phenoxy) is 1. The van der Waals surface area contributed by atoms with Crippen LogP contribution in [-0.2, 0) is 6.61 Å². The lowest BCUT2D eigenvalue weighted by Crippen LogP contribution is -2.12. The van der Waals surface area contributed by atoms with Crippen molar-refractivity contribution in [2.45, 2.75) is 26.4 Å². The first-order chi connectivity index (χ1) is 13.8. The zero-order valence-corrected chi connectivity index (χ0v) is 17.3. The quantitative estimate of drug-likeness (QED) is 0.475. The second kappa shape index (κ2) is 8.80. The minimum Gasteiger partial charge on any atom is -0.486 e. The number of rotatable bonds is 6. The highest BCUT2D eigenvalue weighted by molar-refractivity contribution is 6.42. The maximum atomic E-state index is 14.4. The molecule has 0 atom stereocenters. The Kier molecular flexibility index (Phi) is 6.40. The van der Waals surface area contributed by atoms with Gasteiger partial charge in [0.2, 0.25) is 0 Å². The van der Waals surface area contributed by atoms with E-state index < -0.39 is 11.8 Å². The highest BCUT2D eigenvalue weighted by Crippen LogP contribution is 2.34. The zero-order chi connectivity index (χ0) is 21.1. The van der Waals surface area contributed by atoms with Crippen molar-refractivity contribution < 1.29 is 19.0 Å². The molecule has 29 heavy (non-hydrogen) atoms. The first kappa shape index (κ1) is 21.1. The fourth-order valence-electron chi connectivity index (χ4n) is 2.94. The summed E-state index contributed by atoms with van der Waals surface area (Å²) in [6.07, 6.45) is 0. The number of halogens is 3. The predicted molar refractivity (Wildman–Crippen MR) is 111 cm³/mol. The van der Waals surface area contributed by atoms with Crippen LogP contribution in [0.3, 0.4) is 0 Å². The molecule has 0 bridgehead atoms. The van der Waals surface area contributed by atoms with Crippen molar-refractivity contribution in [3.05, 3.63) is 81.3 Å². The van der Waals surface area contributed by atoms with Crippen molar-refractivity contribution in [3.63, 3.8) is 0 Å². The lowest BCUT2D eigenvalue weighted by Gasteiger charge is -2.17. The second-order valence-electron chi connectivity index (χ2n) is 6.70. The Morgan fingerprint density at radius 2 is 1.86 bits per heavy atom. The molecule has 1 aromatic heterocycles. The summed E-state index contributed by atoms with van der Waals surface area (Å²) < 4.78 is 20.1. The van der Waals surface area contributed by atoms with E-state index in [0.717, 1.165) is 0 Å². The predicted octanol–water partition coefficient (Wildman–Crippen LogP) is 6.60. The molecule has 0 fully saturated rings. The molecule has 0 saturated heterocycles. The number of carboxylic acid groups (broad SMARTS) is 1. The van der Waals surface area contributed by atoms with E-state index >= 15 is 0 Å². The van der Waals surface area contributed by atoms with Gasteiger partial charge in [-0.05, 0) is 30.2 Å². The van der Waals surface area contributed by atoms with Crippen LogP contribution in [0.4, 0.5) is 4.39 Å². The Balaban J connectivity index is 2.08. The van der Waals surface area contributed by atoms with E-state index in [1.54, 1.807) is 36.4 Å². The third-order valence-electron chi connectivity index (χ3n) is 4.35. The fourth-order valence-corrected chi connectivity index (χ4v) is 3.29. The van der Waals surface area contributed by atoms with Crippen LogP contribution in [0.15, 0.2) is 48.5 Å². The molecular weight excluding hydrogens is 416 g/mol. The zero-order valence-electron chi connectivity index (χ0n) is 15.7. The normalized spacial score (nSPS) is 11.0. The smallest absolute Gasteiger partial charge is 0.337 e. The van der Waals surface area contributed by atoms with Gasteiger partial charge in [0.1, 0.15) is 23.2 Å². The molecule has 150 valence electrons. The van der Waals surface area contributed by atoms with Gasteiger partial charge in [0.15, 0.2) is 0 Å². The van der Waals surface area contributed by atoms with Crippen LogP contribution in [0.25, 0.3) is 11.1 Å². The molecule has 0 aliphatic heterocycles. The Morgan fingerprint density at radius 3 is 2.52 bits per heavy atom. The van der Waals surface area contributed by atoms with Crippen LogP contribution in [0.2, 0.25) is 10.0 Å². The van der Waals surface area contributed by atoms with Crippen LogP contribution in [0, 0.1) is 5.82 Å². The van der Waals surface area contributed by atoms with Gasteiger partial charge in [0, 0.05) is 11.1 Å². The van der Waals surface area contributed by atoms with E-state index in [-0.39, 0.29) is 28.8 Å². The number of aromatic carboxylic acids is 1. The Hall–Kier alpha value is -2.63. The number of carbonyl (C=O) groups is 1. The Morgan fingerprint density at radius 1 is 1.14 bits per heavy atom. The lowest BCUT2D eigenvalue weighted by molar-refractivity contribution is 0.0693. The summed E-state index contributed by atoms with van der Waals surface area (Å²) in [6.45, 7) is 3.69. The van der Waals surface area contributed by atoms with Gasteiger partial charge in [-0.2, -0.15) is 0 Å². The third-order valence-corrected chi connectivity index (χ3v) is 5.15. The number of nitrogens with zero attached hydrogens (tertiary/aromatic N) is 1. The van der Waals surface area contributed by atoms with Crippen molar-refractivity contribution in [3.8, 4) is 16.9 Å². The average Bonchev–Trinajstić information content (AvgIpc) is 2.68. The minimum atomic E-state index is -1.18. The maximum Gasteiger partial charge on any atom is 0.337 e. The van der Waals surface area contributed by atoms with E-state index in [2.05, 4.69) is 4.98 Å². The van der Waals surface area contributed by atoms with Crippen molar-refractivity contribution >= 4 is 29.2 Å². The second-order valence-corrected chi connectivity index (χ2v) is 7.48. The van der Waals surface area contributed by atoms with Crippen LogP contribution < -0.4 is 4.74 Å². The number of benzene rings is 2. The third kappa shape index (κ3) is 4.52. The van der Waals surface area contributed by atoms with E-state index in [1.807, 2.05) is 13.8 Å². The summed E-state index contributed by atoms with van der Waals surface area (Å²) in [7, 11) is 0. The lowest BCUT2D eigenvalue weighted by atomic mass is 9.94. The van der Waals surface area contributed by atoms with E-state index in [9.17, 15) is 14.3 Å².